The number of thioether (sulfide) groups is 1. The summed E-state index contributed by atoms with van der Waals surface area (Å²) >= 11 is 7.32. The number of halogens is 1. The van der Waals surface area contributed by atoms with Crippen molar-refractivity contribution in [2.75, 3.05) is 12.8 Å². The summed E-state index contributed by atoms with van der Waals surface area (Å²) in [7, 11) is 0. The SMILES string of the molecule is CSc1ncc(C#CCCN=[N+]=[N-])c(Cl)n1. The van der Waals surface area contributed by atoms with Crippen molar-refractivity contribution in [3.05, 3.63) is 27.4 Å². The monoisotopic (exact) mass is 253 g/mol. The molecule has 0 amide bonds. The Labute approximate surface area is 102 Å². The Kier molecular flexibility index (Phi) is 5.51. The van der Waals surface area contributed by atoms with Crippen LogP contribution in [0.15, 0.2) is 16.5 Å². The highest BCUT2D eigenvalue weighted by Crippen LogP contribution is 2.15. The zero-order chi connectivity index (χ0) is 11.8. The number of hydrogen-bond acceptors (Lipinski definition) is 4. The Morgan fingerprint density at radius 1 is 1.69 bits per heavy atom. The molecule has 82 valence electrons. The second kappa shape index (κ2) is 6.96. The molecule has 0 aliphatic heterocycles. The summed E-state index contributed by atoms with van der Waals surface area (Å²) in [5.41, 5.74) is 8.63. The Morgan fingerprint density at radius 3 is 3.12 bits per heavy atom. The maximum absolute atomic E-state index is 8.05. The molecular formula is C9H8ClN5S. The van der Waals surface area contributed by atoms with Crippen LogP contribution in [0, 0.1) is 11.8 Å². The van der Waals surface area contributed by atoms with Gasteiger partial charge in [-0.25, -0.2) is 9.97 Å². The topological polar surface area (TPSA) is 74.5 Å². The first-order valence-electron chi connectivity index (χ1n) is 4.34. The second-order valence-corrected chi connectivity index (χ2v) is 3.70. The summed E-state index contributed by atoms with van der Waals surface area (Å²) in [4.78, 5) is 10.7. The minimum Gasteiger partial charge on any atom is -0.230 e. The summed E-state index contributed by atoms with van der Waals surface area (Å²) in [6.45, 7) is 0.352. The van der Waals surface area contributed by atoms with Gasteiger partial charge in [-0.15, -0.1) is 0 Å². The molecule has 0 N–H and O–H groups in total. The Hall–Kier alpha value is -1.41. The molecule has 7 heteroatoms. The third-order valence-electron chi connectivity index (χ3n) is 1.53. The first-order chi connectivity index (χ1) is 7.77. The molecule has 1 rings (SSSR count). The van der Waals surface area contributed by atoms with E-state index in [1.807, 2.05) is 6.26 Å². The van der Waals surface area contributed by atoms with E-state index in [2.05, 4.69) is 31.8 Å². The Balaban J connectivity index is 2.69. The second-order valence-electron chi connectivity index (χ2n) is 2.57. The molecule has 0 spiro atoms. The van der Waals surface area contributed by atoms with Crippen LogP contribution in [0.5, 0.6) is 0 Å². The van der Waals surface area contributed by atoms with Gasteiger partial charge in [-0.05, 0) is 11.8 Å². The van der Waals surface area contributed by atoms with E-state index in [0.29, 0.717) is 28.8 Å². The molecule has 1 heterocycles. The van der Waals surface area contributed by atoms with Crippen LogP contribution in [0.2, 0.25) is 5.15 Å². The van der Waals surface area contributed by atoms with Gasteiger partial charge < -0.3 is 0 Å². The van der Waals surface area contributed by atoms with Crippen LogP contribution in [-0.4, -0.2) is 22.8 Å². The van der Waals surface area contributed by atoms with Crippen LogP contribution in [-0.2, 0) is 0 Å². The number of hydrogen-bond donors (Lipinski definition) is 0. The summed E-state index contributed by atoms with van der Waals surface area (Å²) in [6.07, 6.45) is 3.95. The molecule has 1 aromatic heterocycles. The third kappa shape index (κ3) is 3.99. The minimum absolute atomic E-state index is 0.343. The molecule has 0 atom stereocenters. The van der Waals surface area contributed by atoms with Crippen LogP contribution in [0.3, 0.4) is 0 Å². The normalized spacial score (nSPS) is 8.88. The number of azide groups is 1. The van der Waals surface area contributed by atoms with E-state index < -0.39 is 0 Å². The molecule has 5 nitrogen and oxygen atoms in total. The van der Waals surface area contributed by atoms with E-state index >= 15 is 0 Å². The summed E-state index contributed by atoms with van der Waals surface area (Å²) in [5, 5.41) is 4.32. The average Bonchev–Trinajstić information content (AvgIpc) is 2.30. The molecule has 0 saturated heterocycles. The molecule has 0 unspecified atom stereocenters. The highest BCUT2D eigenvalue weighted by atomic mass is 35.5. The quantitative estimate of drug-likeness (QED) is 0.121. The van der Waals surface area contributed by atoms with Crippen LogP contribution < -0.4 is 0 Å². The fourth-order valence-electron chi connectivity index (χ4n) is 0.837. The Bertz CT molecular complexity index is 473. The molecule has 0 radical (unpaired) electrons. The van der Waals surface area contributed by atoms with Crippen molar-refractivity contribution in [2.24, 2.45) is 5.11 Å². The molecule has 0 fully saturated rings. The molecule has 0 bridgehead atoms. The van der Waals surface area contributed by atoms with Crippen molar-refractivity contribution >= 4 is 23.4 Å². The van der Waals surface area contributed by atoms with Gasteiger partial charge in [0.1, 0.15) is 5.15 Å². The summed E-state index contributed by atoms with van der Waals surface area (Å²) in [6, 6.07) is 0. The summed E-state index contributed by atoms with van der Waals surface area (Å²) < 4.78 is 0. The van der Waals surface area contributed by atoms with E-state index in [4.69, 9.17) is 17.1 Å². The predicted molar refractivity (Wildman–Crippen MR) is 64.3 cm³/mol. The van der Waals surface area contributed by atoms with Crippen molar-refractivity contribution in [1.29, 1.82) is 0 Å². The third-order valence-corrected chi connectivity index (χ3v) is 2.38. The van der Waals surface area contributed by atoms with E-state index in [1.54, 1.807) is 6.20 Å². The fourth-order valence-corrected chi connectivity index (χ4v) is 1.40. The van der Waals surface area contributed by atoms with E-state index in [0.717, 1.165) is 0 Å². The van der Waals surface area contributed by atoms with E-state index in [-0.39, 0.29) is 0 Å². The molecular weight excluding hydrogens is 246 g/mol. The van der Waals surface area contributed by atoms with Crippen LogP contribution in [0.25, 0.3) is 10.4 Å². The van der Waals surface area contributed by atoms with Crippen LogP contribution in [0.1, 0.15) is 12.0 Å². The highest BCUT2D eigenvalue weighted by Gasteiger charge is 2.01. The van der Waals surface area contributed by atoms with E-state index in [9.17, 15) is 0 Å². The van der Waals surface area contributed by atoms with Gasteiger partial charge in [-0.2, -0.15) is 0 Å². The van der Waals surface area contributed by atoms with Crippen LogP contribution >= 0.6 is 23.4 Å². The smallest absolute Gasteiger partial charge is 0.188 e. The van der Waals surface area contributed by atoms with Crippen molar-refractivity contribution in [3.8, 4) is 11.8 Å². The lowest BCUT2D eigenvalue weighted by atomic mass is 10.3. The maximum atomic E-state index is 8.05. The lowest BCUT2D eigenvalue weighted by Gasteiger charge is -1.96. The van der Waals surface area contributed by atoms with Gasteiger partial charge in [0.2, 0.25) is 0 Å². The van der Waals surface area contributed by atoms with Crippen molar-refractivity contribution in [1.82, 2.24) is 9.97 Å². The van der Waals surface area contributed by atoms with Gasteiger partial charge in [0.15, 0.2) is 5.16 Å². The van der Waals surface area contributed by atoms with Crippen molar-refractivity contribution < 1.29 is 0 Å². The summed E-state index contributed by atoms with van der Waals surface area (Å²) in [5.74, 6) is 5.65. The molecule has 0 aromatic carbocycles. The number of aromatic nitrogens is 2. The van der Waals surface area contributed by atoms with Crippen molar-refractivity contribution in [2.45, 2.75) is 11.6 Å². The van der Waals surface area contributed by atoms with Gasteiger partial charge >= 0.3 is 0 Å². The van der Waals surface area contributed by atoms with Gasteiger partial charge in [0.25, 0.3) is 0 Å². The molecule has 16 heavy (non-hydrogen) atoms. The highest BCUT2D eigenvalue weighted by molar-refractivity contribution is 7.98. The Morgan fingerprint density at radius 2 is 2.50 bits per heavy atom. The number of nitrogens with zero attached hydrogens (tertiary/aromatic N) is 5. The van der Waals surface area contributed by atoms with Crippen molar-refractivity contribution in [3.63, 3.8) is 0 Å². The maximum Gasteiger partial charge on any atom is 0.188 e. The van der Waals surface area contributed by atoms with Gasteiger partial charge in [-0.1, -0.05) is 40.3 Å². The lowest BCUT2D eigenvalue weighted by Crippen LogP contribution is -1.89. The minimum atomic E-state index is 0.343. The standard InChI is InChI=1S/C9H8ClN5S/c1-16-9-12-6-7(8(10)14-9)4-2-3-5-13-15-11/h6H,3,5H2,1H3. The predicted octanol–water partition coefficient (Wildman–Crippen LogP) is 2.90. The van der Waals surface area contributed by atoms with Gasteiger partial charge in [0.05, 0.1) is 5.56 Å². The zero-order valence-corrected chi connectivity index (χ0v) is 10.1. The average molecular weight is 254 g/mol. The number of rotatable bonds is 3. The molecule has 0 saturated carbocycles. The lowest BCUT2D eigenvalue weighted by molar-refractivity contribution is 0.964. The zero-order valence-electron chi connectivity index (χ0n) is 8.51. The molecule has 0 aliphatic rings. The first-order valence-corrected chi connectivity index (χ1v) is 5.94. The fraction of sp³-hybridized carbons (Fsp3) is 0.333. The molecule has 1 aromatic rings. The largest absolute Gasteiger partial charge is 0.230 e. The van der Waals surface area contributed by atoms with Crippen LogP contribution in [0.4, 0.5) is 0 Å². The van der Waals surface area contributed by atoms with E-state index in [1.165, 1.54) is 11.8 Å². The molecule has 0 aliphatic carbocycles. The van der Waals surface area contributed by atoms with Gasteiger partial charge in [0, 0.05) is 24.1 Å². The van der Waals surface area contributed by atoms with Gasteiger partial charge in [-0.3, -0.25) is 0 Å². The first kappa shape index (κ1) is 12.7.